The summed E-state index contributed by atoms with van der Waals surface area (Å²) in [5.41, 5.74) is 0.898. The second-order valence-electron chi connectivity index (χ2n) is 6.43. The van der Waals surface area contributed by atoms with Crippen LogP contribution in [0.2, 0.25) is 0 Å². The van der Waals surface area contributed by atoms with Gasteiger partial charge >= 0.3 is 6.61 Å². The van der Waals surface area contributed by atoms with Crippen LogP contribution in [0.5, 0.6) is 11.5 Å². The van der Waals surface area contributed by atoms with Crippen LogP contribution in [0.4, 0.5) is 14.5 Å². The summed E-state index contributed by atoms with van der Waals surface area (Å²) in [7, 11) is 1.35. The molecule has 0 bridgehead atoms. The molecule has 0 aliphatic carbocycles. The molecule has 0 aliphatic rings. The summed E-state index contributed by atoms with van der Waals surface area (Å²) in [5.74, 6) is -0.221. The monoisotopic (exact) mass is 353 g/mol. The van der Waals surface area contributed by atoms with Gasteiger partial charge in [0, 0.05) is 6.20 Å². The highest BCUT2D eigenvalue weighted by atomic mass is 19.3. The first-order valence-electron chi connectivity index (χ1n) is 7.66. The molecule has 0 unspecified atom stereocenters. The van der Waals surface area contributed by atoms with Crippen LogP contribution in [-0.2, 0) is 16.8 Å². The fraction of sp³-hybridized carbons (Fsp3) is 0.412. The van der Waals surface area contributed by atoms with Crippen molar-refractivity contribution in [3.63, 3.8) is 0 Å². The fourth-order valence-corrected chi connectivity index (χ4v) is 2.16. The van der Waals surface area contributed by atoms with E-state index < -0.39 is 6.61 Å². The minimum Gasteiger partial charge on any atom is -0.493 e. The quantitative estimate of drug-likeness (QED) is 0.864. The highest BCUT2D eigenvalue weighted by Crippen LogP contribution is 2.29. The number of amides is 1. The summed E-state index contributed by atoms with van der Waals surface area (Å²) < 4.78 is 36.0. The number of nitrogens with zero attached hydrogens (tertiary/aromatic N) is 2. The van der Waals surface area contributed by atoms with Gasteiger partial charge in [-0.25, -0.2) is 0 Å². The van der Waals surface area contributed by atoms with Crippen molar-refractivity contribution in [2.45, 2.75) is 39.3 Å². The zero-order valence-electron chi connectivity index (χ0n) is 14.5. The van der Waals surface area contributed by atoms with Gasteiger partial charge in [0.05, 0.1) is 31.0 Å². The molecule has 0 radical (unpaired) electrons. The van der Waals surface area contributed by atoms with E-state index in [0.717, 1.165) is 0 Å². The molecule has 0 atom stereocenters. The first-order valence-corrected chi connectivity index (χ1v) is 7.66. The summed E-state index contributed by atoms with van der Waals surface area (Å²) >= 11 is 0. The Balaban J connectivity index is 2.06. The van der Waals surface area contributed by atoms with Gasteiger partial charge in [-0.15, -0.1) is 0 Å². The van der Waals surface area contributed by atoms with E-state index in [1.165, 1.54) is 19.2 Å². The highest BCUT2D eigenvalue weighted by Gasteiger charge is 2.16. The Kier molecular flexibility index (Phi) is 5.61. The van der Waals surface area contributed by atoms with Crippen molar-refractivity contribution in [2.75, 3.05) is 12.4 Å². The molecule has 8 heteroatoms. The zero-order valence-corrected chi connectivity index (χ0v) is 14.5. The number of benzene rings is 1. The molecular formula is C17H21F2N3O3. The molecule has 2 aromatic rings. The molecule has 136 valence electrons. The number of nitrogens with one attached hydrogen (secondary N) is 1. The van der Waals surface area contributed by atoms with Crippen molar-refractivity contribution in [2.24, 2.45) is 0 Å². The molecule has 0 fully saturated rings. The number of alkyl halides is 2. The lowest BCUT2D eigenvalue weighted by Gasteiger charge is -2.18. The lowest BCUT2D eigenvalue weighted by Crippen LogP contribution is -2.22. The van der Waals surface area contributed by atoms with E-state index in [0.29, 0.717) is 11.3 Å². The van der Waals surface area contributed by atoms with Crippen LogP contribution in [0, 0.1) is 0 Å². The summed E-state index contributed by atoms with van der Waals surface area (Å²) in [4.78, 5) is 12.2. The largest absolute Gasteiger partial charge is 0.493 e. The van der Waals surface area contributed by atoms with Gasteiger partial charge in [0.25, 0.3) is 0 Å². The predicted octanol–water partition coefficient (Wildman–Crippen LogP) is 3.43. The van der Waals surface area contributed by atoms with Crippen LogP contribution >= 0.6 is 0 Å². The number of ether oxygens (including phenoxy) is 2. The maximum absolute atomic E-state index is 12.5. The van der Waals surface area contributed by atoms with E-state index in [2.05, 4.69) is 15.2 Å². The number of anilines is 1. The van der Waals surface area contributed by atoms with Gasteiger partial charge in [0.1, 0.15) is 0 Å². The predicted molar refractivity (Wildman–Crippen MR) is 89.2 cm³/mol. The minimum absolute atomic E-state index is 0.00426. The van der Waals surface area contributed by atoms with Crippen LogP contribution in [0.25, 0.3) is 0 Å². The molecule has 0 saturated carbocycles. The summed E-state index contributed by atoms with van der Waals surface area (Å²) in [6.07, 6.45) is 3.30. The lowest BCUT2D eigenvalue weighted by molar-refractivity contribution is -0.115. The average Bonchev–Trinajstić information content (AvgIpc) is 2.95. The Hall–Kier alpha value is -2.64. The number of aromatic nitrogens is 2. The van der Waals surface area contributed by atoms with Crippen molar-refractivity contribution < 1.29 is 23.0 Å². The van der Waals surface area contributed by atoms with E-state index in [1.807, 2.05) is 20.8 Å². The first-order chi connectivity index (χ1) is 11.7. The normalized spacial score (nSPS) is 11.5. The Bertz CT molecular complexity index is 739. The number of halogens is 2. The second kappa shape index (κ2) is 7.50. The van der Waals surface area contributed by atoms with Gasteiger partial charge in [-0.05, 0) is 38.5 Å². The van der Waals surface area contributed by atoms with Gasteiger partial charge in [-0.1, -0.05) is 6.07 Å². The number of hydrogen-bond acceptors (Lipinski definition) is 4. The minimum atomic E-state index is -2.97. The fourth-order valence-electron chi connectivity index (χ4n) is 2.16. The number of carbonyl (C=O) groups excluding carboxylic acids is 1. The van der Waals surface area contributed by atoms with E-state index >= 15 is 0 Å². The number of methoxy groups -OCH3 is 1. The van der Waals surface area contributed by atoms with Crippen LogP contribution in [0.3, 0.4) is 0 Å². The summed E-state index contributed by atoms with van der Waals surface area (Å²) in [6.45, 7) is 3.01. The molecular weight excluding hydrogens is 332 g/mol. The van der Waals surface area contributed by atoms with E-state index in [4.69, 9.17) is 4.74 Å². The van der Waals surface area contributed by atoms with Gasteiger partial charge in [0.15, 0.2) is 11.5 Å². The van der Waals surface area contributed by atoms with Crippen LogP contribution in [0.1, 0.15) is 26.3 Å². The molecule has 1 amide bonds. The van der Waals surface area contributed by atoms with Gasteiger partial charge < -0.3 is 14.8 Å². The maximum atomic E-state index is 12.5. The van der Waals surface area contributed by atoms with Crippen LogP contribution < -0.4 is 14.8 Å². The third kappa shape index (κ3) is 5.17. The topological polar surface area (TPSA) is 65.4 Å². The Morgan fingerprint density at radius 3 is 2.60 bits per heavy atom. The first kappa shape index (κ1) is 18.7. The molecule has 0 spiro atoms. The third-order valence-electron chi connectivity index (χ3n) is 3.36. The molecule has 1 N–H and O–H groups in total. The SMILES string of the molecule is COc1ccc(CC(=O)Nc2cnn(C(C)(C)C)c2)cc1OC(F)F. The maximum Gasteiger partial charge on any atom is 0.387 e. The molecule has 2 rings (SSSR count). The molecule has 0 aliphatic heterocycles. The van der Waals surface area contributed by atoms with Gasteiger partial charge in [0.2, 0.25) is 5.91 Å². The number of hydrogen-bond donors (Lipinski definition) is 1. The zero-order chi connectivity index (χ0) is 18.6. The van der Waals surface area contributed by atoms with Crippen molar-refractivity contribution in [1.82, 2.24) is 9.78 Å². The lowest BCUT2D eigenvalue weighted by atomic mass is 10.1. The van der Waals surface area contributed by atoms with Crippen molar-refractivity contribution in [1.29, 1.82) is 0 Å². The molecule has 1 heterocycles. The van der Waals surface area contributed by atoms with E-state index in [-0.39, 0.29) is 29.4 Å². The van der Waals surface area contributed by atoms with Gasteiger partial charge in [-0.2, -0.15) is 13.9 Å². The van der Waals surface area contributed by atoms with Crippen molar-refractivity contribution in [3.05, 3.63) is 36.2 Å². The highest BCUT2D eigenvalue weighted by molar-refractivity contribution is 5.92. The van der Waals surface area contributed by atoms with Gasteiger partial charge in [-0.3, -0.25) is 9.48 Å². The number of rotatable bonds is 6. The molecule has 25 heavy (non-hydrogen) atoms. The average molecular weight is 353 g/mol. The van der Waals surface area contributed by atoms with E-state index in [9.17, 15) is 13.6 Å². The smallest absolute Gasteiger partial charge is 0.387 e. The van der Waals surface area contributed by atoms with Crippen LogP contribution in [0.15, 0.2) is 30.6 Å². The Morgan fingerprint density at radius 2 is 2.04 bits per heavy atom. The summed E-state index contributed by atoms with van der Waals surface area (Å²) in [5, 5.41) is 6.93. The molecule has 1 aromatic heterocycles. The Morgan fingerprint density at radius 1 is 1.32 bits per heavy atom. The summed E-state index contributed by atoms with van der Waals surface area (Å²) in [6, 6.07) is 4.47. The molecule has 0 saturated heterocycles. The standard InChI is InChI=1S/C17H21F2N3O3/c1-17(2,3)22-10-12(9-20-22)21-15(23)8-11-5-6-13(24-4)14(7-11)25-16(18)19/h5-7,9-10,16H,8H2,1-4H3,(H,21,23). The molecule has 1 aromatic carbocycles. The molecule has 6 nitrogen and oxygen atoms in total. The number of carbonyl (C=O) groups is 1. The van der Waals surface area contributed by atoms with Crippen LogP contribution in [-0.4, -0.2) is 29.4 Å². The van der Waals surface area contributed by atoms with Crippen molar-refractivity contribution >= 4 is 11.6 Å². The second-order valence-corrected chi connectivity index (χ2v) is 6.43. The van der Waals surface area contributed by atoms with E-state index in [1.54, 1.807) is 23.1 Å². The van der Waals surface area contributed by atoms with Crippen molar-refractivity contribution in [3.8, 4) is 11.5 Å². The Labute approximate surface area is 144 Å². The third-order valence-corrected chi connectivity index (χ3v) is 3.36.